The Labute approximate surface area is 224 Å². The average Bonchev–Trinajstić information content (AvgIpc) is 3.34. The number of carbonyl (C=O) groups excluding carboxylic acids is 2. The lowest BCUT2D eigenvalue weighted by Gasteiger charge is -2.33. The maximum atomic E-state index is 12.0. The minimum atomic E-state index is -0.177. The molecule has 0 bridgehead atoms. The molecule has 2 unspecified atom stereocenters. The number of fused-ring (bicyclic) bond motifs is 6. The summed E-state index contributed by atoms with van der Waals surface area (Å²) < 4.78 is 0. The van der Waals surface area contributed by atoms with Gasteiger partial charge in [-0.1, -0.05) is 13.8 Å². The Morgan fingerprint density at radius 2 is 1.39 bits per heavy atom. The Hall–Kier alpha value is -3.68. The summed E-state index contributed by atoms with van der Waals surface area (Å²) in [5.41, 5.74) is 4.73. The fourth-order valence-electron chi connectivity index (χ4n) is 6.82. The number of carbonyl (C=O) groups is 1. The highest BCUT2D eigenvalue weighted by atomic mass is 16.3. The van der Waals surface area contributed by atoms with Crippen molar-refractivity contribution in [1.29, 1.82) is 0 Å². The molecular formula is C29H39N5O4. The molecule has 4 heterocycles. The fourth-order valence-corrected chi connectivity index (χ4v) is 6.82. The van der Waals surface area contributed by atoms with Crippen LogP contribution in [-0.2, 0) is 15.6 Å². The second-order valence-corrected chi connectivity index (χ2v) is 11.2. The lowest BCUT2D eigenvalue weighted by Crippen LogP contribution is -2.53. The largest absolute Gasteiger partial charge is 0.508 e. The average molecular weight is 522 g/mol. The van der Waals surface area contributed by atoms with Crippen LogP contribution >= 0.6 is 0 Å². The van der Waals surface area contributed by atoms with E-state index in [-0.39, 0.29) is 28.8 Å². The molecule has 2 aromatic rings. The first-order chi connectivity index (χ1) is 17.9. The van der Waals surface area contributed by atoms with Crippen LogP contribution in [0.5, 0.6) is 11.5 Å². The molecule has 9 heteroatoms. The third-order valence-corrected chi connectivity index (χ3v) is 8.85. The van der Waals surface area contributed by atoms with Gasteiger partial charge in [0.25, 0.3) is 0 Å². The van der Waals surface area contributed by atoms with Gasteiger partial charge in [-0.2, -0.15) is 0 Å². The highest BCUT2D eigenvalue weighted by Crippen LogP contribution is 2.51. The minimum absolute atomic E-state index is 0.0439. The van der Waals surface area contributed by atoms with Gasteiger partial charge in [-0.15, -0.1) is 0 Å². The Morgan fingerprint density at radius 3 is 1.97 bits per heavy atom. The van der Waals surface area contributed by atoms with Gasteiger partial charge in [-0.25, -0.2) is 9.59 Å². The number of rotatable bonds is 0. The van der Waals surface area contributed by atoms with Gasteiger partial charge in [0.2, 0.25) is 0 Å². The summed E-state index contributed by atoms with van der Waals surface area (Å²) in [6.45, 7) is 8.98. The standard InChI is InChI=1S/C14H19N3O2.C13H18N2O.C2H2O/c1-14-6-7-16(2)13(19)15-12(14)17(3)11-5-4-9(18)8-10(11)14;1-13-6-7-14(2)12(13)15(3)11-5-4-9(16)8-10(11)13;1-2-3/h4-5,8,12,18H,6-7H2,1-3H3,(H,15,19);4-5,8,12,16H,6-7H2,1-3H3;1H2/t12?,14-;12?,13-;/m00./s1. The number of aromatic hydroxyl groups is 2. The van der Waals surface area contributed by atoms with E-state index in [1.165, 1.54) is 17.2 Å². The van der Waals surface area contributed by atoms with Crippen molar-refractivity contribution in [2.45, 2.75) is 49.9 Å². The number of phenolic OH excluding ortho intramolecular Hbond substituents is 2. The SMILES string of the molecule is C=C=O.CN1CC[C@@]2(C)c3cc(O)ccc3N(C)C12.CN1CC[C@@]2(C)c3cc(O)ccc3N(C)C2NC1=O. The van der Waals surface area contributed by atoms with Crippen LogP contribution in [0.3, 0.4) is 0 Å². The van der Waals surface area contributed by atoms with Crippen molar-refractivity contribution < 1.29 is 19.8 Å². The number of likely N-dealkylation sites (N-methyl/N-ethyl adjacent to an activating group) is 3. The maximum absolute atomic E-state index is 12.0. The van der Waals surface area contributed by atoms with Gasteiger partial charge >= 0.3 is 6.03 Å². The molecule has 3 N–H and O–H groups in total. The van der Waals surface area contributed by atoms with Crippen LogP contribution in [-0.4, -0.2) is 85.6 Å². The molecule has 4 aliphatic heterocycles. The van der Waals surface area contributed by atoms with Gasteiger partial charge in [0.05, 0.1) is 6.17 Å². The number of nitrogens with zero attached hydrogens (tertiary/aromatic N) is 4. The summed E-state index contributed by atoms with van der Waals surface area (Å²) in [4.78, 5) is 29.1. The number of hydrogen-bond donors (Lipinski definition) is 3. The van der Waals surface area contributed by atoms with E-state index >= 15 is 0 Å². The van der Waals surface area contributed by atoms with Gasteiger partial charge in [-0.05, 0) is 74.0 Å². The first kappa shape index (κ1) is 27.4. The van der Waals surface area contributed by atoms with Crippen LogP contribution in [0.2, 0.25) is 0 Å². The zero-order valence-electron chi connectivity index (χ0n) is 23.2. The van der Waals surface area contributed by atoms with Crippen LogP contribution in [0, 0.1) is 0 Å². The lowest BCUT2D eigenvalue weighted by atomic mass is 9.79. The summed E-state index contributed by atoms with van der Waals surface area (Å²) >= 11 is 0. The number of nitrogens with one attached hydrogen (secondary N) is 1. The lowest BCUT2D eigenvalue weighted by molar-refractivity contribution is 0.210. The summed E-state index contributed by atoms with van der Waals surface area (Å²) in [6.07, 6.45) is 2.40. The highest BCUT2D eigenvalue weighted by molar-refractivity contribution is 5.77. The van der Waals surface area contributed by atoms with Gasteiger partial charge in [-0.3, -0.25) is 4.90 Å². The normalized spacial score (nSPS) is 28.9. The topological polar surface area (TPSA) is 99.6 Å². The number of anilines is 2. The van der Waals surface area contributed by atoms with E-state index in [1.54, 1.807) is 17.0 Å². The summed E-state index contributed by atoms with van der Waals surface area (Å²) in [5, 5.41) is 22.5. The molecule has 0 radical (unpaired) electrons. The van der Waals surface area contributed by atoms with Gasteiger partial charge in [0.1, 0.15) is 23.6 Å². The van der Waals surface area contributed by atoms with Crippen molar-refractivity contribution in [2.24, 2.45) is 0 Å². The Kier molecular flexibility index (Phi) is 7.12. The first-order valence-corrected chi connectivity index (χ1v) is 12.9. The molecule has 0 spiro atoms. The van der Waals surface area contributed by atoms with Crippen LogP contribution in [0.4, 0.5) is 16.2 Å². The Morgan fingerprint density at radius 1 is 0.895 bits per heavy atom. The van der Waals surface area contributed by atoms with Crippen LogP contribution in [0.15, 0.2) is 43.0 Å². The molecule has 9 nitrogen and oxygen atoms in total. The van der Waals surface area contributed by atoms with Crippen LogP contribution < -0.4 is 15.1 Å². The fraction of sp³-hybridized carbons (Fsp3) is 0.483. The highest BCUT2D eigenvalue weighted by Gasteiger charge is 2.52. The predicted molar refractivity (Wildman–Crippen MR) is 150 cm³/mol. The molecule has 4 atom stereocenters. The zero-order chi connectivity index (χ0) is 28.0. The van der Waals surface area contributed by atoms with Crippen LogP contribution in [0.25, 0.3) is 0 Å². The quantitative estimate of drug-likeness (QED) is 0.458. The predicted octanol–water partition coefficient (Wildman–Crippen LogP) is 3.24. The monoisotopic (exact) mass is 521 g/mol. The summed E-state index contributed by atoms with van der Waals surface area (Å²) in [7, 11) is 8.12. The maximum Gasteiger partial charge on any atom is 0.318 e. The minimum Gasteiger partial charge on any atom is -0.508 e. The molecule has 204 valence electrons. The summed E-state index contributed by atoms with van der Waals surface area (Å²) in [6, 6.07) is 11.1. The molecule has 2 fully saturated rings. The zero-order valence-corrected chi connectivity index (χ0v) is 23.2. The Bertz CT molecular complexity index is 1260. The van der Waals surface area contributed by atoms with E-state index in [1.807, 2.05) is 38.4 Å². The summed E-state index contributed by atoms with van der Waals surface area (Å²) in [5.74, 6) is 1.90. The van der Waals surface area contributed by atoms with Crippen molar-refractivity contribution in [3.63, 3.8) is 0 Å². The first-order valence-electron chi connectivity index (χ1n) is 12.9. The van der Waals surface area contributed by atoms with Crippen molar-refractivity contribution >= 4 is 23.3 Å². The second-order valence-electron chi connectivity index (χ2n) is 11.2. The van der Waals surface area contributed by atoms with Gasteiger partial charge in [0, 0.05) is 56.4 Å². The molecule has 38 heavy (non-hydrogen) atoms. The molecule has 0 saturated carbocycles. The number of benzene rings is 2. The van der Waals surface area contributed by atoms with Crippen molar-refractivity contribution in [1.82, 2.24) is 15.1 Å². The van der Waals surface area contributed by atoms with Gasteiger partial charge < -0.3 is 30.2 Å². The van der Waals surface area contributed by atoms with E-state index in [0.717, 1.165) is 30.6 Å². The van der Waals surface area contributed by atoms with Crippen molar-refractivity contribution in [2.75, 3.05) is 51.1 Å². The van der Waals surface area contributed by atoms with E-state index in [4.69, 9.17) is 4.79 Å². The molecule has 2 amide bonds. The number of likely N-dealkylation sites (tertiary alicyclic amines) is 1. The van der Waals surface area contributed by atoms with E-state index in [2.05, 4.69) is 54.5 Å². The van der Waals surface area contributed by atoms with Gasteiger partial charge in [0.15, 0.2) is 0 Å². The molecule has 0 aliphatic carbocycles. The molecule has 6 rings (SSSR count). The van der Waals surface area contributed by atoms with E-state index in [9.17, 15) is 15.0 Å². The number of amides is 2. The van der Waals surface area contributed by atoms with Crippen molar-refractivity contribution in [3.8, 4) is 11.5 Å². The third kappa shape index (κ3) is 4.25. The van der Waals surface area contributed by atoms with E-state index < -0.39 is 0 Å². The molecule has 4 aliphatic rings. The van der Waals surface area contributed by atoms with Crippen molar-refractivity contribution in [3.05, 3.63) is 54.1 Å². The second kappa shape index (κ2) is 9.89. The smallest absolute Gasteiger partial charge is 0.318 e. The Balaban J connectivity index is 0.000000162. The number of phenols is 2. The number of hydrogen-bond acceptors (Lipinski definition) is 7. The number of urea groups is 1. The third-order valence-electron chi connectivity index (χ3n) is 8.85. The molecule has 2 saturated heterocycles. The van der Waals surface area contributed by atoms with E-state index in [0.29, 0.717) is 18.5 Å². The molecule has 2 aromatic carbocycles. The van der Waals surface area contributed by atoms with Crippen LogP contribution in [0.1, 0.15) is 37.8 Å². The molecular weight excluding hydrogens is 482 g/mol. The molecule has 0 aromatic heterocycles.